The molecule has 3 heteroatoms. The van der Waals surface area contributed by atoms with Crippen molar-refractivity contribution in [3.8, 4) is 0 Å². The summed E-state index contributed by atoms with van der Waals surface area (Å²) in [6, 6.07) is 4.15. The van der Waals surface area contributed by atoms with Crippen molar-refractivity contribution in [2.75, 3.05) is 12.8 Å². The SMILES string of the molecule is CSc1cc(C)c(C)c(C(O)CN)c1. The van der Waals surface area contributed by atoms with Crippen LogP contribution < -0.4 is 5.73 Å². The molecule has 0 spiro atoms. The summed E-state index contributed by atoms with van der Waals surface area (Å²) in [5.74, 6) is 0. The molecule has 1 unspecified atom stereocenters. The van der Waals surface area contributed by atoms with Gasteiger partial charge in [-0.25, -0.2) is 0 Å². The fourth-order valence-electron chi connectivity index (χ4n) is 1.44. The second kappa shape index (κ2) is 4.82. The molecule has 0 saturated carbocycles. The Bertz CT molecular complexity index is 325. The van der Waals surface area contributed by atoms with Gasteiger partial charge in [0, 0.05) is 11.4 Å². The van der Waals surface area contributed by atoms with Gasteiger partial charge in [-0.2, -0.15) is 0 Å². The standard InChI is InChI=1S/C11H17NOS/c1-7-4-9(14-3)5-10(8(7)2)11(13)6-12/h4-5,11,13H,6,12H2,1-3H3. The average Bonchev–Trinajstić information content (AvgIpc) is 2.20. The number of hydrogen-bond donors (Lipinski definition) is 2. The summed E-state index contributed by atoms with van der Waals surface area (Å²) in [5.41, 5.74) is 8.76. The fraction of sp³-hybridized carbons (Fsp3) is 0.455. The van der Waals surface area contributed by atoms with Crippen LogP contribution in [0, 0.1) is 13.8 Å². The van der Waals surface area contributed by atoms with Gasteiger partial charge in [-0.3, -0.25) is 0 Å². The highest BCUT2D eigenvalue weighted by Crippen LogP contribution is 2.26. The molecule has 0 aromatic heterocycles. The molecule has 0 amide bonds. The second-order valence-corrected chi connectivity index (χ2v) is 4.29. The summed E-state index contributed by atoms with van der Waals surface area (Å²) in [4.78, 5) is 1.18. The monoisotopic (exact) mass is 211 g/mol. The van der Waals surface area contributed by atoms with Gasteiger partial charge < -0.3 is 10.8 Å². The Morgan fingerprint density at radius 3 is 2.57 bits per heavy atom. The first-order valence-electron chi connectivity index (χ1n) is 4.63. The van der Waals surface area contributed by atoms with E-state index in [9.17, 15) is 5.11 Å². The Kier molecular flexibility index (Phi) is 3.98. The van der Waals surface area contributed by atoms with E-state index in [0.717, 1.165) is 11.1 Å². The van der Waals surface area contributed by atoms with E-state index in [2.05, 4.69) is 13.0 Å². The van der Waals surface area contributed by atoms with Crippen LogP contribution in [0.4, 0.5) is 0 Å². The molecule has 14 heavy (non-hydrogen) atoms. The number of benzene rings is 1. The van der Waals surface area contributed by atoms with Crippen molar-refractivity contribution >= 4 is 11.8 Å². The molecule has 0 aliphatic carbocycles. The number of hydrogen-bond acceptors (Lipinski definition) is 3. The number of rotatable bonds is 3. The highest BCUT2D eigenvalue weighted by Gasteiger charge is 2.11. The van der Waals surface area contributed by atoms with Crippen molar-refractivity contribution in [3.63, 3.8) is 0 Å². The first-order chi connectivity index (χ1) is 6.60. The Hall–Kier alpha value is -0.510. The van der Waals surface area contributed by atoms with E-state index >= 15 is 0 Å². The number of thioether (sulfide) groups is 1. The van der Waals surface area contributed by atoms with Gasteiger partial charge in [-0.15, -0.1) is 11.8 Å². The molecule has 0 aliphatic heterocycles. The quantitative estimate of drug-likeness (QED) is 0.752. The number of aryl methyl sites for hydroxylation is 1. The lowest BCUT2D eigenvalue weighted by Gasteiger charge is -2.15. The molecule has 0 bridgehead atoms. The van der Waals surface area contributed by atoms with Gasteiger partial charge in [0.25, 0.3) is 0 Å². The topological polar surface area (TPSA) is 46.2 Å². The summed E-state index contributed by atoms with van der Waals surface area (Å²) in [7, 11) is 0. The maximum absolute atomic E-state index is 9.72. The van der Waals surface area contributed by atoms with E-state index in [4.69, 9.17) is 5.73 Å². The zero-order valence-electron chi connectivity index (χ0n) is 8.87. The van der Waals surface area contributed by atoms with E-state index in [-0.39, 0.29) is 6.54 Å². The molecule has 1 aromatic rings. The van der Waals surface area contributed by atoms with E-state index in [1.807, 2.05) is 19.2 Å². The molecule has 0 radical (unpaired) electrons. The summed E-state index contributed by atoms with van der Waals surface area (Å²) < 4.78 is 0. The maximum Gasteiger partial charge on any atom is 0.0915 e. The predicted octanol–water partition coefficient (Wildman–Crippen LogP) is 2.02. The molecule has 0 saturated heterocycles. The van der Waals surface area contributed by atoms with Crippen LogP contribution in [0.3, 0.4) is 0 Å². The molecule has 78 valence electrons. The molecule has 0 heterocycles. The molecule has 1 atom stereocenters. The molecule has 1 aromatic carbocycles. The van der Waals surface area contributed by atoms with Crippen molar-refractivity contribution in [1.82, 2.24) is 0 Å². The van der Waals surface area contributed by atoms with Gasteiger partial charge in [0.2, 0.25) is 0 Å². The first kappa shape index (κ1) is 11.6. The van der Waals surface area contributed by atoms with Crippen molar-refractivity contribution in [2.45, 2.75) is 24.8 Å². The number of nitrogens with two attached hydrogens (primary N) is 1. The smallest absolute Gasteiger partial charge is 0.0915 e. The number of aliphatic hydroxyl groups is 1. The lowest BCUT2D eigenvalue weighted by atomic mass is 9.99. The van der Waals surface area contributed by atoms with Crippen LogP contribution in [-0.2, 0) is 0 Å². The zero-order chi connectivity index (χ0) is 10.7. The van der Waals surface area contributed by atoms with Gasteiger partial charge in [0.1, 0.15) is 0 Å². The molecule has 1 rings (SSSR count). The van der Waals surface area contributed by atoms with Crippen LogP contribution >= 0.6 is 11.8 Å². The minimum Gasteiger partial charge on any atom is -0.387 e. The van der Waals surface area contributed by atoms with E-state index in [1.54, 1.807) is 11.8 Å². The second-order valence-electron chi connectivity index (χ2n) is 3.41. The third kappa shape index (κ3) is 2.29. The summed E-state index contributed by atoms with van der Waals surface area (Å²) in [6.07, 6.45) is 1.49. The predicted molar refractivity (Wildman–Crippen MR) is 61.7 cm³/mol. The summed E-state index contributed by atoms with van der Waals surface area (Å²) >= 11 is 1.68. The Balaban J connectivity index is 3.20. The highest BCUT2D eigenvalue weighted by atomic mass is 32.2. The minimum atomic E-state index is -0.541. The van der Waals surface area contributed by atoms with Gasteiger partial charge >= 0.3 is 0 Å². The maximum atomic E-state index is 9.72. The third-order valence-electron chi connectivity index (χ3n) is 2.50. The highest BCUT2D eigenvalue weighted by molar-refractivity contribution is 7.98. The van der Waals surface area contributed by atoms with Crippen molar-refractivity contribution in [1.29, 1.82) is 0 Å². The van der Waals surface area contributed by atoms with Crippen molar-refractivity contribution in [2.24, 2.45) is 5.73 Å². The van der Waals surface area contributed by atoms with Crippen LogP contribution in [0.15, 0.2) is 17.0 Å². The van der Waals surface area contributed by atoms with Gasteiger partial charge in [0.05, 0.1) is 6.10 Å². The van der Waals surface area contributed by atoms with Crippen LogP contribution in [0.1, 0.15) is 22.8 Å². The summed E-state index contributed by atoms with van der Waals surface area (Å²) in [6.45, 7) is 4.35. The lowest BCUT2D eigenvalue weighted by molar-refractivity contribution is 0.185. The van der Waals surface area contributed by atoms with Crippen LogP contribution in [-0.4, -0.2) is 17.9 Å². The molecule has 0 aliphatic rings. The normalized spacial score (nSPS) is 12.9. The van der Waals surface area contributed by atoms with Gasteiger partial charge in [0.15, 0.2) is 0 Å². The lowest BCUT2D eigenvalue weighted by Crippen LogP contribution is -2.13. The third-order valence-corrected chi connectivity index (χ3v) is 3.21. The van der Waals surface area contributed by atoms with Crippen molar-refractivity contribution in [3.05, 3.63) is 28.8 Å². The molecule has 2 nitrogen and oxygen atoms in total. The van der Waals surface area contributed by atoms with Crippen LogP contribution in [0.25, 0.3) is 0 Å². The molecular weight excluding hydrogens is 194 g/mol. The minimum absolute atomic E-state index is 0.276. The molecule has 0 fully saturated rings. The number of aliphatic hydroxyl groups excluding tert-OH is 1. The van der Waals surface area contributed by atoms with Crippen molar-refractivity contribution < 1.29 is 5.11 Å². The van der Waals surface area contributed by atoms with Crippen LogP contribution in [0.2, 0.25) is 0 Å². The average molecular weight is 211 g/mol. The van der Waals surface area contributed by atoms with E-state index in [1.165, 1.54) is 10.5 Å². The summed E-state index contributed by atoms with van der Waals surface area (Å²) in [5, 5.41) is 9.72. The van der Waals surface area contributed by atoms with Gasteiger partial charge in [-0.1, -0.05) is 0 Å². The zero-order valence-corrected chi connectivity index (χ0v) is 9.69. The van der Waals surface area contributed by atoms with E-state index < -0.39 is 6.10 Å². The molecular formula is C11H17NOS. The van der Waals surface area contributed by atoms with Gasteiger partial charge in [-0.05, 0) is 48.9 Å². The Morgan fingerprint density at radius 2 is 2.07 bits per heavy atom. The molecule has 3 N–H and O–H groups in total. The Labute approximate surface area is 89.5 Å². The van der Waals surface area contributed by atoms with E-state index in [0.29, 0.717) is 0 Å². The largest absolute Gasteiger partial charge is 0.387 e. The first-order valence-corrected chi connectivity index (χ1v) is 5.86. The Morgan fingerprint density at radius 1 is 1.43 bits per heavy atom. The van der Waals surface area contributed by atoms with Crippen LogP contribution in [0.5, 0.6) is 0 Å². The fourth-order valence-corrected chi connectivity index (χ4v) is 1.98.